The number of fused-ring (bicyclic) bond motifs is 1. The Hall–Kier alpha value is -2.94. The van der Waals surface area contributed by atoms with Gasteiger partial charge in [0.05, 0.1) is 11.0 Å². The zero-order chi connectivity index (χ0) is 17.1. The first-order valence-corrected chi connectivity index (χ1v) is 8.73. The number of benzene rings is 2. The number of para-hydroxylation sites is 1. The average molecular weight is 327 g/mol. The predicted octanol–water partition coefficient (Wildman–Crippen LogP) is 5.04. The summed E-state index contributed by atoms with van der Waals surface area (Å²) >= 11 is 0. The van der Waals surface area contributed by atoms with Crippen LogP contribution in [-0.2, 0) is 13.0 Å². The van der Waals surface area contributed by atoms with Crippen molar-refractivity contribution in [3.63, 3.8) is 0 Å². The molecule has 0 saturated carbocycles. The second-order valence-electron chi connectivity index (χ2n) is 6.35. The lowest BCUT2D eigenvalue weighted by atomic mass is 10.1. The third-order valence-electron chi connectivity index (χ3n) is 4.61. The molecule has 0 saturated heterocycles. The summed E-state index contributed by atoms with van der Waals surface area (Å²) < 4.78 is 2.35. The second kappa shape index (κ2) is 6.89. The standard InChI is InChI=1S/C22H21N3/c1-17-7-5-11-20-21(17)24-22(19-12-14-23-15-13-19)25(20)16-6-10-18-8-3-2-4-9-18/h2-5,7-9,11-15H,6,10,16H2,1H3. The fourth-order valence-electron chi connectivity index (χ4n) is 3.32. The van der Waals surface area contributed by atoms with E-state index < -0.39 is 0 Å². The van der Waals surface area contributed by atoms with Crippen LogP contribution in [0, 0.1) is 6.92 Å². The van der Waals surface area contributed by atoms with Crippen LogP contribution in [0.15, 0.2) is 73.1 Å². The van der Waals surface area contributed by atoms with E-state index in [2.05, 4.69) is 65.0 Å². The molecule has 0 N–H and O–H groups in total. The molecule has 0 atom stereocenters. The van der Waals surface area contributed by atoms with Gasteiger partial charge in [-0.1, -0.05) is 42.5 Å². The Balaban J connectivity index is 1.69. The van der Waals surface area contributed by atoms with Gasteiger partial charge in [0, 0.05) is 24.5 Å². The molecule has 0 unspecified atom stereocenters. The van der Waals surface area contributed by atoms with E-state index >= 15 is 0 Å². The molecule has 2 aromatic heterocycles. The molecule has 0 aliphatic rings. The van der Waals surface area contributed by atoms with E-state index in [1.165, 1.54) is 16.6 Å². The topological polar surface area (TPSA) is 30.7 Å². The number of hydrogen-bond acceptors (Lipinski definition) is 2. The zero-order valence-electron chi connectivity index (χ0n) is 14.4. The molecule has 3 heteroatoms. The van der Waals surface area contributed by atoms with Gasteiger partial charge in [-0.3, -0.25) is 4.98 Å². The number of hydrogen-bond donors (Lipinski definition) is 0. The molecule has 4 aromatic rings. The van der Waals surface area contributed by atoms with Crippen LogP contribution in [0.3, 0.4) is 0 Å². The maximum Gasteiger partial charge on any atom is 0.141 e. The fraction of sp³-hybridized carbons (Fsp3) is 0.182. The number of imidazole rings is 1. The highest BCUT2D eigenvalue weighted by Crippen LogP contribution is 2.26. The van der Waals surface area contributed by atoms with Crippen LogP contribution >= 0.6 is 0 Å². The third-order valence-corrected chi connectivity index (χ3v) is 4.61. The molecular weight excluding hydrogens is 306 g/mol. The van der Waals surface area contributed by atoms with Crippen molar-refractivity contribution in [3.8, 4) is 11.4 Å². The van der Waals surface area contributed by atoms with Gasteiger partial charge in [-0.05, 0) is 49.1 Å². The molecule has 124 valence electrons. The van der Waals surface area contributed by atoms with Gasteiger partial charge in [0.25, 0.3) is 0 Å². The second-order valence-corrected chi connectivity index (χ2v) is 6.35. The lowest BCUT2D eigenvalue weighted by Gasteiger charge is -2.09. The first-order chi connectivity index (χ1) is 12.3. The minimum atomic E-state index is 0.951. The Labute approximate surface area is 148 Å². The third kappa shape index (κ3) is 3.18. The molecule has 0 fully saturated rings. The van der Waals surface area contributed by atoms with Crippen molar-refractivity contribution in [2.75, 3.05) is 0 Å². The summed E-state index contributed by atoms with van der Waals surface area (Å²) in [7, 11) is 0. The van der Waals surface area contributed by atoms with Gasteiger partial charge in [-0.25, -0.2) is 4.98 Å². The smallest absolute Gasteiger partial charge is 0.141 e. The van der Waals surface area contributed by atoms with Crippen molar-refractivity contribution in [1.29, 1.82) is 0 Å². The molecule has 0 aliphatic carbocycles. The number of aromatic nitrogens is 3. The largest absolute Gasteiger partial charge is 0.324 e. The molecule has 0 radical (unpaired) electrons. The van der Waals surface area contributed by atoms with Crippen molar-refractivity contribution < 1.29 is 0 Å². The molecule has 2 heterocycles. The summed E-state index contributed by atoms with van der Waals surface area (Å²) in [4.78, 5) is 9.08. The lowest BCUT2D eigenvalue weighted by molar-refractivity contribution is 0.663. The fourth-order valence-corrected chi connectivity index (χ4v) is 3.32. The molecule has 0 spiro atoms. The van der Waals surface area contributed by atoms with Crippen LogP contribution in [-0.4, -0.2) is 14.5 Å². The maximum absolute atomic E-state index is 4.94. The molecule has 4 rings (SSSR count). The molecule has 3 nitrogen and oxygen atoms in total. The van der Waals surface area contributed by atoms with Crippen LogP contribution in [0.1, 0.15) is 17.5 Å². The number of pyridine rings is 1. The normalized spacial score (nSPS) is 11.1. The van der Waals surface area contributed by atoms with Gasteiger partial charge in [0.1, 0.15) is 5.82 Å². The van der Waals surface area contributed by atoms with Gasteiger partial charge in [-0.2, -0.15) is 0 Å². The number of aryl methyl sites for hydroxylation is 3. The lowest BCUT2D eigenvalue weighted by Crippen LogP contribution is -2.02. The van der Waals surface area contributed by atoms with Crippen LogP contribution in [0.4, 0.5) is 0 Å². The quantitative estimate of drug-likeness (QED) is 0.514. The minimum Gasteiger partial charge on any atom is -0.324 e. The van der Waals surface area contributed by atoms with Crippen LogP contribution in [0.25, 0.3) is 22.4 Å². The highest BCUT2D eigenvalue weighted by atomic mass is 15.1. The van der Waals surface area contributed by atoms with E-state index in [4.69, 9.17) is 4.98 Å². The first-order valence-electron chi connectivity index (χ1n) is 8.73. The number of nitrogens with zero attached hydrogens (tertiary/aromatic N) is 3. The van der Waals surface area contributed by atoms with Crippen molar-refractivity contribution in [2.45, 2.75) is 26.3 Å². The van der Waals surface area contributed by atoms with Crippen molar-refractivity contribution >= 4 is 11.0 Å². The zero-order valence-corrected chi connectivity index (χ0v) is 14.4. The SMILES string of the molecule is Cc1cccc2c1nc(-c1ccncc1)n2CCCc1ccccc1. The Morgan fingerprint density at radius 3 is 2.48 bits per heavy atom. The van der Waals surface area contributed by atoms with Crippen molar-refractivity contribution in [2.24, 2.45) is 0 Å². The van der Waals surface area contributed by atoms with E-state index in [1.807, 2.05) is 24.5 Å². The summed E-state index contributed by atoms with van der Waals surface area (Å²) in [6.07, 6.45) is 5.81. The van der Waals surface area contributed by atoms with Crippen molar-refractivity contribution in [1.82, 2.24) is 14.5 Å². The maximum atomic E-state index is 4.94. The van der Waals surface area contributed by atoms with E-state index in [-0.39, 0.29) is 0 Å². The van der Waals surface area contributed by atoms with E-state index in [0.717, 1.165) is 36.3 Å². The van der Waals surface area contributed by atoms with Gasteiger partial charge >= 0.3 is 0 Å². The van der Waals surface area contributed by atoms with Crippen molar-refractivity contribution in [3.05, 3.63) is 84.2 Å². The Kier molecular flexibility index (Phi) is 4.30. The minimum absolute atomic E-state index is 0.951. The number of rotatable bonds is 5. The molecule has 2 aromatic carbocycles. The highest BCUT2D eigenvalue weighted by Gasteiger charge is 2.13. The molecule has 0 aliphatic heterocycles. The Morgan fingerprint density at radius 1 is 0.880 bits per heavy atom. The summed E-state index contributed by atoms with van der Waals surface area (Å²) in [5.74, 6) is 1.03. The molecular formula is C22H21N3. The van der Waals surface area contributed by atoms with E-state index in [0.29, 0.717) is 0 Å². The summed E-state index contributed by atoms with van der Waals surface area (Å²) in [5.41, 5.74) is 6.02. The molecule has 25 heavy (non-hydrogen) atoms. The average Bonchev–Trinajstić information content (AvgIpc) is 3.04. The van der Waals surface area contributed by atoms with E-state index in [1.54, 1.807) is 0 Å². The van der Waals surface area contributed by atoms with Crippen LogP contribution in [0.5, 0.6) is 0 Å². The summed E-state index contributed by atoms with van der Waals surface area (Å²) in [5, 5.41) is 0. The predicted molar refractivity (Wildman–Crippen MR) is 102 cm³/mol. The summed E-state index contributed by atoms with van der Waals surface area (Å²) in [6, 6.07) is 21.1. The summed E-state index contributed by atoms with van der Waals surface area (Å²) in [6.45, 7) is 3.08. The van der Waals surface area contributed by atoms with Crippen LogP contribution in [0.2, 0.25) is 0 Å². The van der Waals surface area contributed by atoms with Gasteiger partial charge in [0.2, 0.25) is 0 Å². The monoisotopic (exact) mass is 327 g/mol. The first kappa shape index (κ1) is 15.6. The Bertz CT molecular complexity index is 972. The highest BCUT2D eigenvalue weighted by molar-refractivity contribution is 5.83. The Morgan fingerprint density at radius 2 is 1.68 bits per heavy atom. The van der Waals surface area contributed by atoms with E-state index in [9.17, 15) is 0 Å². The van der Waals surface area contributed by atoms with Gasteiger partial charge in [0.15, 0.2) is 0 Å². The molecule has 0 amide bonds. The molecule has 0 bridgehead atoms. The van der Waals surface area contributed by atoms with Gasteiger partial charge < -0.3 is 4.57 Å². The van der Waals surface area contributed by atoms with Crippen LogP contribution < -0.4 is 0 Å². The van der Waals surface area contributed by atoms with Gasteiger partial charge in [-0.15, -0.1) is 0 Å².